The fraction of sp³-hybridized carbons (Fsp3) is 0.859. The van der Waals surface area contributed by atoms with Gasteiger partial charge in [0.2, 0.25) is 5.91 Å². The Kier molecular flexibility index (Phi) is 70.1. The Balaban J connectivity index is 3.60. The fourth-order valence-electron chi connectivity index (χ4n) is 11.8. The van der Waals surface area contributed by atoms with Gasteiger partial charge in [-0.25, -0.2) is 0 Å². The van der Waals surface area contributed by atoms with Crippen molar-refractivity contribution in [2.75, 3.05) is 6.61 Å². The van der Waals surface area contributed by atoms with E-state index < -0.39 is 36.9 Å². The minimum atomic E-state index is -1.30. The summed E-state index contributed by atoms with van der Waals surface area (Å²) >= 11 is 0. The van der Waals surface area contributed by atoms with Crippen LogP contribution in [0.5, 0.6) is 0 Å². The van der Waals surface area contributed by atoms with Crippen LogP contribution in [0.15, 0.2) is 60.8 Å². The third-order valence-corrected chi connectivity index (χ3v) is 17.7. The summed E-state index contributed by atoms with van der Waals surface area (Å²) in [4.78, 5) is 12.7. The van der Waals surface area contributed by atoms with E-state index in [1.807, 2.05) is 0 Å². The van der Waals surface area contributed by atoms with E-state index in [9.17, 15) is 25.2 Å². The first-order valence-electron chi connectivity index (χ1n) is 37.7. The number of hydrogen-bond acceptors (Lipinski definition) is 5. The molecule has 0 aliphatic heterocycles. The minimum absolute atomic E-state index is 0.358. The lowest BCUT2D eigenvalue weighted by Gasteiger charge is -2.27. The molecule has 5 N–H and O–H groups in total. The summed E-state index contributed by atoms with van der Waals surface area (Å²) in [5.41, 5.74) is 0. The Morgan fingerprint density at radius 2 is 0.536 bits per heavy atom. The van der Waals surface area contributed by atoms with Crippen LogP contribution < -0.4 is 5.32 Å². The highest BCUT2D eigenvalue weighted by Gasteiger charge is 2.28. The van der Waals surface area contributed by atoms with Crippen molar-refractivity contribution in [2.24, 2.45) is 0 Å². The van der Waals surface area contributed by atoms with E-state index in [1.54, 1.807) is 0 Å². The summed E-state index contributed by atoms with van der Waals surface area (Å²) in [5.74, 6) is -0.595. The largest absolute Gasteiger partial charge is 0.394 e. The second-order valence-corrected chi connectivity index (χ2v) is 26.0. The third-order valence-electron chi connectivity index (χ3n) is 17.7. The quantitative estimate of drug-likeness (QED) is 0.0308. The lowest BCUT2D eigenvalue weighted by Crippen LogP contribution is -2.53. The molecule has 0 fully saturated rings. The van der Waals surface area contributed by atoms with Gasteiger partial charge in [-0.1, -0.05) is 364 Å². The smallest absolute Gasteiger partial charge is 0.249 e. The van der Waals surface area contributed by atoms with E-state index in [2.05, 4.69) is 79.9 Å². The molecule has 0 rings (SSSR count). The Bertz CT molecular complexity index is 1420. The topological polar surface area (TPSA) is 110 Å². The molecule has 494 valence electrons. The zero-order valence-corrected chi connectivity index (χ0v) is 56.4. The Morgan fingerprint density at radius 1 is 0.298 bits per heavy atom. The van der Waals surface area contributed by atoms with Crippen LogP contribution >= 0.6 is 0 Å². The monoisotopic (exact) mass is 1180 g/mol. The normalized spacial score (nSPS) is 13.7. The van der Waals surface area contributed by atoms with Gasteiger partial charge in [-0.05, 0) is 96.3 Å². The number of allylic oxidation sites excluding steroid dienone is 10. The predicted octanol–water partition coefficient (Wildman–Crippen LogP) is 23.8. The molecule has 0 aromatic heterocycles. The molecule has 0 saturated heterocycles. The van der Waals surface area contributed by atoms with Crippen LogP contribution in [0, 0.1) is 0 Å². The van der Waals surface area contributed by atoms with Crippen LogP contribution in [-0.4, -0.2) is 57.3 Å². The molecular formula is C78H147NO5. The number of hydrogen-bond donors (Lipinski definition) is 5. The highest BCUT2D eigenvalue weighted by Crippen LogP contribution is 2.19. The molecule has 0 aliphatic carbocycles. The van der Waals surface area contributed by atoms with Gasteiger partial charge >= 0.3 is 0 Å². The molecule has 4 atom stereocenters. The molecule has 6 heteroatoms. The summed E-state index contributed by atoms with van der Waals surface area (Å²) in [6.07, 6.45) is 96.6. The minimum Gasteiger partial charge on any atom is -0.394 e. The molecule has 0 spiro atoms. The summed E-state index contributed by atoms with van der Waals surface area (Å²) in [7, 11) is 0. The van der Waals surface area contributed by atoms with Gasteiger partial charge in [0.1, 0.15) is 12.2 Å². The first-order valence-corrected chi connectivity index (χ1v) is 37.7. The second kappa shape index (κ2) is 71.8. The third kappa shape index (κ3) is 64.5. The van der Waals surface area contributed by atoms with Gasteiger partial charge in [-0.15, -0.1) is 0 Å². The number of nitrogens with one attached hydrogen (secondary N) is 1. The van der Waals surface area contributed by atoms with Crippen LogP contribution in [-0.2, 0) is 4.79 Å². The summed E-state index contributed by atoms with van der Waals surface area (Å²) < 4.78 is 0. The van der Waals surface area contributed by atoms with E-state index in [0.717, 1.165) is 57.8 Å². The molecular weight excluding hydrogens is 1030 g/mol. The zero-order chi connectivity index (χ0) is 60.8. The molecule has 0 heterocycles. The number of carbonyl (C=O) groups excluding carboxylic acids is 1. The van der Waals surface area contributed by atoms with Crippen LogP contribution in [0.1, 0.15) is 399 Å². The van der Waals surface area contributed by atoms with Gasteiger partial charge < -0.3 is 25.7 Å². The lowest BCUT2D eigenvalue weighted by atomic mass is 10.00. The first-order chi connectivity index (χ1) is 41.5. The van der Waals surface area contributed by atoms with Gasteiger partial charge in [-0.2, -0.15) is 0 Å². The molecule has 1 amide bonds. The van der Waals surface area contributed by atoms with E-state index in [0.29, 0.717) is 19.3 Å². The molecule has 0 saturated carbocycles. The van der Waals surface area contributed by atoms with Crippen molar-refractivity contribution in [1.29, 1.82) is 0 Å². The fourth-order valence-corrected chi connectivity index (χ4v) is 11.8. The maximum Gasteiger partial charge on any atom is 0.249 e. The zero-order valence-electron chi connectivity index (χ0n) is 56.4. The summed E-state index contributed by atoms with van der Waals surface area (Å²) in [6, 6.07) is -1.02. The van der Waals surface area contributed by atoms with E-state index in [-0.39, 0.29) is 0 Å². The maximum absolute atomic E-state index is 12.7. The average Bonchev–Trinajstić information content (AvgIpc) is 3.51. The number of carbonyl (C=O) groups is 1. The highest BCUT2D eigenvalue weighted by molar-refractivity contribution is 5.80. The molecule has 84 heavy (non-hydrogen) atoms. The van der Waals surface area contributed by atoms with E-state index >= 15 is 0 Å². The highest BCUT2D eigenvalue weighted by atomic mass is 16.3. The second-order valence-electron chi connectivity index (χ2n) is 26.0. The number of unbranched alkanes of at least 4 members (excludes halogenated alkanes) is 51. The number of aliphatic hydroxyl groups excluding tert-OH is 4. The van der Waals surface area contributed by atoms with Gasteiger partial charge in [0.25, 0.3) is 0 Å². The van der Waals surface area contributed by atoms with Crippen molar-refractivity contribution in [3.8, 4) is 0 Å². The van der Waals surface area contributed by atoms with Crippen molar-refractivity contribution in [3.05, 3.63) is 60.8 Å². The Hall–Kier alpha value is -1.99. The number of rotatable bonds is 70. The maximum atomic E-state index is 12.7. The van der Waals surface area contributed by atoms with Crippen molar-refractivity contribution in [1.82, 2.24) is 5.32 Å². The number of aliphatic hydroxyl groups is 4. The molecule has 0 aromatic rings. The molecule has 0 radical (unpaired) electrons. The predicted molar refractivity (Wildman–Crippen MR) is 371 cm³/mol. The van der Waals surface area contributed by atoms with Gasteiger partial charge in [-0.3, -0.25) is 4.79 Å². The van der Waals surface area contributed by atoms with Crippen LogP contribution in [0.2, 0.25) is 0 Å². The van der Waals surface area contributed by atoms with Gasteiger partial charge in [0.05, 0.1) is 18.8 Å². The van der Waals surface area contributed by atoms with E-state index in [1.165, 1.54) is 308 Å². The molecule has 0 bridgehead atoms. The molecule has 6 nitrogen and oxygen atoms in total. The summed E-state index contributed by atoms with van der Waals surface area (Å²) in [6.45, 7) is 4.09. The van der Waals surface area contributed by atoms with Crippen LogP contribution in [0.3, 0.4) is 0 Å². The Morgan fingerprint density at radius 3 is 0.821 bits per heavy atom. The van der Waals surface area contributed by atoms with E-state index in [4.69, 9.17) is 0 Å². The van der Waals surface area contributed by atoms with Gasteiger partial charge in [0, 0.05) is 0 Å². The molecule has 0 aromatic carbocycles. The average molecular weight is 1180 g/mol. The Labute approximate surface area is 524 Å². The van der Waals surface area contributed by atoms with Crippen molar-refractivity contribution in [3.63, 3.8) is 0 Å². The first kappa shape index (κ1) is 82.0. The van der Waals surface area contributed by atoms with Crippen molar-refractivity contribution in [2.45, 2.75) is 423 Å². The van der Waals surface area contributed by atoms with Crippen molar-refractivity contribution < 1.29 is 25.2 Å². The molecule has 4 unspecified atom stereocenters. The SMILES string of the molecule is CCCCCCCCCCCCCCC/C=C\C/C=C\CCCCCCCCCCCCCCCCCCC(O)C(=O)NC(CO)C(O)C(O)CCC/C=C/CC/C=C/CC/C=C/CCCCCCCCCCCCCCCCCCCCC. The van der Waals surface area contributed by atoms with Crippen LogP contribution in [0.4, 0.5) is 0 Å². The van der Waals surface area contributed by atoms with Crippen molar-refractivity contribution >= 4 is 5.91 Å². The lowest BCUT2D eigenvalue weighted by molar-refractivity contribution is -0.132. The number of amides is 1. The van der Waals surface area contributed by atoms with Gasteiger partial charge in [0.15, 0.2) is 0 Å². The standard InChI is InChI=1S/C78H147NO5/c1-3-5-7-9-11-13-15-17-19-21-23-25-27-29-31-33-35-37-38-39-40-42-44-46-48-50-52-54-56-58-60-62-64-66-68-70-72-76(82)78(84)79-74(73-80)77(83)75(81)71-69-67-65-63-61-59-57-55-53-51-49-47-45-43-41-36-34-32-30-28-26-24-22-20-18-16-14-12-10-8-6-4-2/h31,33,37-38,47,49,55,57,63,65,74-77,80-83H,3-30,32,34-36,39-46,48,50-54,56,58-62,64,66-73H2,1-2H3,(H,79,84)/b33-31-,38-37-,49-47+,57-55+,65-63+. The summed E-state index contributed by atoms with van der Waals surface area (Å²) in [5, 5.41) is 44.2. The molecule has 0 aliphatic rings. The van der Waals surface area contributed by atoms with Crippen LogP contribution in [0.25, 0.3) is 0 Å².